The smallest absolute Gasteiger partial charge is 0.122 e. The van der Waals surface area contributed by atoms with Gasteiger partial charge in [-0.15, -0.1) is 0 Å². The van der Waals surface area contributed by atoms with E-state index in [0.717, 1.165) is 36.7 Å². The first-order valence-electron chi connectivity index (χ1n) is 7.66. The predicted octanol–water partition coefficient (Wildman–Crippen LogP) is 3.63. The van der Waals surface area contributed by atoms with Crippen LogP contribution in [0.5, 0.6) is 5.75 Å². The number of hydrogen-bond donors (Lipinski definition) is 1. The van der Waals surface area contributed by atoms with Crippen molar-refractivity contribution in [3.05, 3.63) is 40.7 Å². The van der Waals surface area contributed by atoms with Crippen LogP contribution < -0.4 is 10.1 Å². The van der Waals surface area contributed by atoms with Crippen LogP contribution in [0.1, 0.15) is 42.4 Å². The van der Waals surface area contributed by atoms with Gasteiger partial charge in [-0.3, -0.25) is 4.68 Å². The fourth-order valence-electron chi connectivity index (χ4n) is 3.24. The van der Waals surface area contributed by atoms with E-state index in [4.69, 9.17) is 4.74 Å². The van der Waals surface area contributed by atoms with E-state index in [1.54, 1.807) is 0 Å². The lowest BCUT2D eigenvalue weighted by Gasteiger charge is -2.17. The molecule has 1 aromatic carbocycles. The van der Waals surface area contributed by atoms with Crippen molar-refractivity contribution >= 4 is 5.69 Å². The number of aryl methyl sites for hydroxylation is 2. The maximum atomic E-state index is 5.56. The average Bonchev–Trinajstić information content (AvgIpc) is 3.02. The predicted molar refractivity (Wildman–Crippen MR) is 85.1 cm³/mol. The lowest BCUT2D eigenvalue weighted by Crippen LogP contribution is -2.09. The van der Waals surface area contributed by atoms with E-state index in [2.05, 4.69) is 61.0 Å². The van der Waals surface area contributed by atoms with Crippen LogP contribution in [0.25, 0.3) is 0 Å². The van der Waals surface area contributed by atoms with Crippen LogP contribution in [0.4, 0.5) is 5.69 Å². The number of nitrogens with one attached hydrogen (secondary N) is 1. The first kappa shape index (κ1) is 14.0. The summed E-state index contributed by atoms with van der Waals surface area (Å²) in [5.74, 6) is 1.03. The standard InChI is InChI=1S/C17H23N3O/c1-5-20-13(4)17(12(3)19-20)11(2)18-15-6-7-16-14(10-15)8-9-21-16/h6-7,10-11,18H,5,8-9H2,1-4H3. The third-order valence-corrected chi connectivity index (χ3v) is 4.24. The van der Waals surface area contributed by atoms with Crippen LogP contribution in [0.2, 0.25) is 0 Å². The van der Waals surface area contributed by atoms with Gasteiger partial charge < -0.3 is 10.1 Å². The second-order valence-corrected chi connectivity index (χ2v) is 5.69. The van der Waals surface area contributed by atoms with Crippen molar-refractivity contribution in [3.63, 3.8) is 0 Å². The molecule has 1 aromatic heterocycles. The minimum Gasteiger partial charge on any atom is -0.493 e. The van der Waals surface area contributed by atoms with Crippen LogP contribution in [0.3, 0.4) is 0 Å². The summed E-state index contributed by atoms with van der Waals surface area (Å²) in [6, 6.07) is 6.60. The van der Waals surface area contributed by atoms with Crippen molar-refractivity contribution in [3.8, 4) is 5.75 Å². The van der Waals surface area contributed by atoms with E-state index in [0.29, 0.717) is 0 Å². The molecule has 4 heteroatoms. The molecule has 0 spiro atoms. The van der Waals surface area contributed by atoms with Gasteiger partial charge in [0.05, 0.1) is 18.3 Å². The topological polar surface area (TPSA) is 39.1 Å². The SMILES string of the molecule is CCn1nc(C)c(C(C)Nc2ccc3c(c2)CCO3)c1C. The molecule has 2 aromatic rings. The highest BCUT2D eigenvalue weighted by molar-refractivity contribution is 5.54. The minimum absolute atomic E-state index is 0.241. The second kappa shape index (κ2) is 5.43. The molecule has 0 amide bonds. The lowest BCUT2D eigenvalue weighted by molar-refractivity contribution is 0.357. The highest BCUT2D eigenvalue weighted by Gasteiger charge is 2.18. The van der Waals surface area contributed by atoms with Crippen molar-refractivity contribution in [2.45, 2.75) is 46.7 Å². The fourth-order valence-corrected chi connectivity index (χ4v) is 3.24. The Kier molecular flexibility index (Phi) is 3.62. The first-order chi connectivity index (χ1) is 10.1. The van der Waals surface area contributed by atoms with Crippen LogP contribution in [-0.2, 0) is 13.0 Å². The van der Waals surface area contributed by atoms with Gasteiger partial charge in [-0.1, -0.05) is 0 Å². The Labute approximate surface area is 126 Å². The maximum absolute atomic E-state index is 5.56. The molecule has 21 heavy (non-hydrogen) atoms. The van der Waals surface area contributed by atoms with Crippen LogP contribution >= 0.6 is 0 Å². The Morgan fingerprint density at radius 3 is 2.90 bits per heavy atom. The summed E-state index contributed by atoms with van der Waals surface area (Å²) in [5, 5.41) is 8.20. The van der Waals surface area contributed by atoms with Gasteiger partial charge in [-0.2, -0.15) is 5.10 Å². The monoisotopic (exact) mass is 285 g/mol. The molecule has 1 aliphatic rings. The van der Waals surface area contributed by atoms with Crippen molar-refractivity contribution in [1.82, 2.24) is 9.78 Å². The Balaban J connectivity index is 1.83. The number of aromatic nitrogens is 2. The Morgan fingerprint density at radius 1 is 1.38 bits per heavy atom. The van der Waals surface area contributed by atoms with E-state index in [9.17, 15) is 0 Å². The van der Waals surface area contributed by atoms with Gasteiger partial charge in [-0.05, 0) is 51.5 Å². The Bertz CT molecular complexity index is 660. The quantitative estimate of drug-likeness (QED) is 0.932. The molecule has 0 aliphatic carbocycles. The third-order valence-electron chi connectivity index (χ3n) is 4.24. The molecule has 0 bridgehead atoms. The highest BCUT2D eigenvalue weighted by atomic mass is 16.5. The average molecular weight is 285 g/mol. The summed E-state index contributed by atoms with van der Waals surface area (Å²) in [6.07, 6.45) is 1.01. The van der Waals surface area contributed by atoms with E-state index in [1.165, 1.54) is 16.8 Å². The summed E-state index contributed by atoms with van der Waals surface area (Å²) in [4.78, 5) is 0. The molecule has 0 saturated carbocycles. The molecule has 0 fully saturated rings. The maximum Gasteiger partial charge on any atom is 0.122 e. The van der Waals surface area contributed by atoms with Crippen molar-refractivity contribution < 1.29 is 4.74 Å². The van der Waals surface area contributed by atoms with Gasteiger partial charge in [-0.25, -0.2) is 0 Å². The van der Waals surface area contributed by atoms with E-state index >= 15 is 0 Å². The summed E-state index contributed by atoms with van der Waals surface area (Å²) in [7, 11) is 0. The van der Waals surface area contributed by atoms with E-state index in [1.807, 2.05) is 0 Å². The molecule has 1 atom stereocenters. The molecular weight excluding hydrogens is 262 g/mol. The van der Waals surface area contributed by atoms with Crippen LogP contribution in [-0.4, -0.2) is 16.4 Å². The minimum atomic E-state index is 0.241. The van der Waals surface area contributed by atoms with Crippen LogP contribution in [0, 0.1) is 13.8 Å². The normalized spacial score (nSPS) is 14.7. The number of hydrogen-bond acceptors (Lipinski definition) is 3. The zero-order valence-corrected chi connectivity index (χ0v) is 13.2. The first-order valence-corrected chi connectivity index (χ1v) is 7.66. The summed E-state index contributed by atoms with van der Waals surface area (Å²) >= 11 is 0. The lowest BCUT2D eigenvalue weighted by atomic mass is 10.1. The fraction of sp³-hybridized carbons (Fsp3) is 0.471. The summed E-state index contributed by atoms with van der Waals surface area (Å²) in [6.45, 7) is 10.3. The van der Waals surface area contributed by atoms with Crippen molar-refractivity contribution in [2.24, 2.45) is 0 Å². The molecule has 3 rings (SSSR count). The van der Waals surface area contributed by atoms with E-state index in [-0.39, 0.29) is 6.04 Å². The summed E-state index contributed by atoms with van der Waals surface area (Å²) < 4.78 is 7.63. The number of anilines is 1. The number of rotatable bonds is 4. The molecule has 1 unspecified atom stereocenters. The van der Waals surface area contributed by atoms with Gasteiger partial charge in [0.1, 0.15) is 5.75 Å². The van der Waals surface area contributed by atoms with Gasteiger partial charge in [0.25, 0.3) is 0 Å². The number of benzene rings is 1. The number of fused-ring (bicyclic) bond motifs is 1. The van der Waals surface area contributed by atoms with Gasteiger partial charge in [0.15, 0.2) is 0 Å². The molecule has 2 heterocycles. The number of nitrogens with zero attached hydrogens (tertiary/aromatic N) is 2. The molecule has 0 radical (unpaired) electrons. The van der Waals surface area contributed by atoms with Crippen molar-refractivity contribution in [1.29, 1.82) is 0 Å². The Morgan fingerprint density at radius 2 is 2.19 bits per heavy atom. The molecule has 1 N–H and O–H groups in total. The van der Waals surface area contributed by atoms with Gasteiger partial charge in [0.2, 0.25) is 0 Å². The van der Waals surface area contributed by atoms with Gasteiger partial charge >= 0.3 is 0 Å². The number of ether oxygens (including phenoxy) is 1. The highest BCUT2D eigenvalue weighted by Crippen LogP contribution is 2.30. The van der Waals surface area contributed by atoms with Crippen LogP contribution in [0.15, 0.2) is 18.2 Å². The zero-order valence-electron chi connectivity index (χ0n) is 13.2. The second-order valence-electron chi connectivity index (χ2n) is 5.69. The molecular formula is C17H23N3O. The summed E-state index contributed by atoms with van der Waals surface area (Å²) in [5.41, 5.74) is 6.10. The van der Waals surface area contributed by atoms with E-state index < -0.39 is 0 Å². The largest absolute Gasteiger partial charge is 0.493 e. The Hall–Kier alpha value is -1.97. The molecule has 0 saturated heterocycles. The molecule has 1 aliphatic heterocycles. The third kappa shape index (κ3) is 2.50. The molecule has 4 nitrogen and oxygen atoms in total. The van der Waals surface area contributed by atoms with Crippen molar-refractivity contribution in [2.75, 3.05) is 11.9 Å². The molecule has 112 valence electrons. The van der Waals surface area contributed by atoms with Gasteiger partial charge in [0, 0.05) is 29.9 Å². The zero-order chi connectivity index (χ0) is 15.0.